The molecule has 0 aromatic heterocycles. The fraction of sp³-hybridized carbons (Fsp3) is 0.455. The minimum absolute atomic E-state index is 0.0188. The number of hydrogen-bond acceptors (Lipinski definition) is 0. The first-order valence-electron chi connectivity index (χ1n) is 4.19. The molecular formula is C11H15F. The minimum Gasteiger partial charge on any atom is -0.246 e. The summed E-state index contributed by atoms with van der Waals surface area (Å²) in [6.07, 6.45) is 7.92. The van der Waals surface area contributed by atoms with E-state index in [0.717, 1.165) is 5.57 Å². The van der Waals surface area contributed by atoms with Crippen LogP contribution in [0.1, 0.15) is 20.8 Å². The second-order valence-electron chi connectivity index (χ2n) is 3.90. The summed E-state index contributed by atoms with van der Waals surface area (Å²) in [5, 5.41) is 0. The van der Waals surface area contributed by atoms with Crippen molar-refractivity contribution in [2.75, 3.05) is 6.67 Å². The second kappa shape index (κ2) is 3.26. The molecule has 0 fully saturated rings. The van der Waals surface area contributed by atoms with Crippen LogP contribution in [-0.2, 0) is 0 Å². The Morgan fingerprint density at radius 2 is 1.92 bits per heavy atom. The van der Waals surface area contributed by atoms with Crippen molar-refractivity contribution >= 4 is 0 Å². The van der Waals surface area contributed by atoms with Crippen LogP contribution < -0.4 is 0 Å². The number of halogens is 1. The van der Waals surface area contributed by atoms with Gasteiger partial charge in [0, 0.05) is 5.41 Å². The van der Waals surface area contributed by atoms with E-state index in [0.29, 0.717) is 0 Å². The standard InChI is InChI=1S/C11H15F/c1-9-4-5-10(8-12)7-11(2,3)6-9/h4-7H,8H2,1-3H3. The maximum absolute atomic E-state index is 12.4. The van der Waals surface area contributed by atoms with Crippen LogP contribution in [0.15, 0.2) is 35.5 Å². The molecule has 0 radical (unpaired) electrons. The van der Waals surface area contributed by atoms with Gasteiger partial charge >= 0.3 is 0 Å². The summed E-state index contributed by atoms with van der Waals surface area (Å²) < 4.78 is 12.4. The molecule has 0 amide bonds. The molecule has 12 heavy (non-hydrogen) atoms. The SMILES string of the molecule is CC1=CC(C)(C)C=C(CF)C=C1. The highest BCUT2D eigenvalue weighted by molar-refractivity contribution is 5.35. The minimum atomic E-state index is -0.374. The number of hydrogen-bond donors (Lipinski definition) is 0. The van der Waals surface area contributed by atoms with Gasteiger partial charge in [-0.3, -0.25) is 0 Å². The van der Waals surface area contributed by atoms with E-state index in [1.54, 1.807) is 0 Å². The lowest BCUT2D eigenvalue weighted by Crippen LogP contribution is -2.03. The van der Waals surface area contributed by atoms with E-state index in [1.807, 2.05) is 25.2 Å². The van der Waals surface area contributed by atoms with E-state index >= 15 is 0 Å². The summed E-state index contributed by atoms with van der Waals surface area (Å²) in [7, 11) is 0. The number of rotatable bonds is 1. The largest absolute Gasteiger partial charge is 0.246 e. The van der Waals surface area contributed by atoms with Gasteiger partial charge in [-0.25, -0.2) is 4.39 Å². The first-order chi connectivity index (χ1) is 5.53. The Morgan fingerprint density at radius 3 is 2.50 bits per heavy atom. The van der Waals surface area contributed by atoms with E-state index in [4.69, 9.17) is 0 Å². The molecule has 0 atom stereocenters. The predicted octanol–water partition coefficient (Wildman–Crippen LogP) is 3.42. The zero-order valence-electron chi connectivity index (χ0n) is 7.89. The Labute approximate surface area is 73.5 Å². The highest BCUT2D eigenvalue weighted by Gasteiger charge is 2.13. The van der Waals surface area contributed by atoms with Crippen LogP contribution in [0.5, 0.6) is 0 Å². The Balaban J connectivity index is 3.00. The smallest absolute Gasteiger partial charge is 0.114 e. The maximum Gasteiger partial charge on any atom is 0.114 e. The first kappa shape index (κ1) is 9.24. The monoisotopic (exact) mass is 166 g/mol. The van der Waals surface area contributed by atoms with Crippen LogP contribution in [0, 0.1) is 5.41 Å². The molecule has 0 nitrogen and oxygen atoms in total. The van der Waals surface area contributed by atoms with Crippen LogP contribution >= 0.6 is 0 Å². The highest BCUT2D eigenvalue weighted by atomic mass is 19.1. The third-order valence-electron chi connectivity index (χ3n) is 1.87. The van der Waals surface area contributed by atoms with Gasteiger partial charge < -0.3 is 0 Å². The van der Waals surface area contributed by atoms with Crippen molar-refractivity contribution in [3.63, 3.8) is 0 Å². The molecule has 1 aliphatic rings. The fourth-order valence-corrected chi connectivity index (χ4v) is 1.52. The van der Waals surface area contributed by atoms with Crippen molar-refractivity contribution in [3.8, 4) is 0 Å². The molecule has 1 rings (SSSR count). The van der Waals surface area contributed by atoms with Crippen LogP contribution in [0.3, 0.4) is 0 Å². The number of allylic oxidation sites excluding steroid dienone is 6. The quantitative estimate of drug-likeness (QED) is 0.560. The maximum atomic E-state index is 12.4. The Hall–Kier alpha value is -0.850. The first-order valence-corrected chi connectivity index (χ1v) is 4.19. The molecule has 0 saturated heterocycles. The van der Waals surface area contributed by atoms with Gasteiger partial charge in [0.2, 0.25) is 0 Å². The van der Waals surface area contributed by atoms with E-state index in [1.165, 1.54) is 5.57 Å². The van der Waals surface area contributed by atoms with Crippen molar-refractivity contribution < 1.29 is 4.39 Å². The zero-order valence-corrected chi connectivity index (χ0v) is 7.89. The summed E-state index contributed by atoms with van der Waals surface area (Å²) in [5.74, 6) is 0. The molecule has 0 unspecified atom stereocenters. The second-order valence-corrected chi connectivity index (χ2v) is 3.90. The molecule has 0 heterocycles. The van der Waals surface area contributed by atoms with Crippen molar-refractivity contribution in [2.24, 2.45) is 5.41 Å². The van der Waals surface area contributed by atoms with Crippen molar-refractivity contribution in [1.29, 1.82) is 0 Å². The van der Waals surface area contributed by atoms with Crippen molar-refractivity contribution in [3.05, 3.63) is 35.5 Å². The van der Waals surface area contributed by atoms with Gasteiger partial charge in [-0.2, -0.15) is 0 Å². The normalized spacial score (nSPS) is 21.3. The lowest BCUT2D eigenvalue weighted by atomic mass is 9.90. The van der Waals surface area contributed by atoms with Gasteiger partial charge in [0.05, 0.1) is 0 Å². The van der Waals surface area contributed by atoms with Gasteiger partial charge in [0.25, 0.3) is 0 Å². The van der Waals surface area contributed by atoms with Crippen LogP contribution in [-0.4, -0.2) is 6.67 Å². The molecule has 0 saturated carbocycles. The van der Waals surface area contributed by atoms with Gasteiger partial charge in [-0.1, -0.05) is 43.7 Å². The lowest BCUT2D eigenvalue weighted by molar-refractivity contribution is 0.538. The topological polar surface area (TPSA) is 0 Å². The molecule has 0 bridgehead atoms. The van der Waals surface area contributed by atoms with E-state index < -0.39 is 0 Å². The predicted molar refractivity (Wildman–Crippen MR) is 50.7 cm³/mol. The van der Waals surface area contributed by atoms with Gasteiger partial charge in [0.1, 0.15) is 6.67 Å². The van der Waals surface area contributed by atoms with E-state index in [-0.39, 0.29) is 12.1 Å². The summed E-state index contributed by atoms with van der Waals surface area (Å²) in [4.78, 5) is 0. The van der Waals surface area contributed by atoms with Crippen LogP contribution in [0.4, 0.5) is 4.39 Å². The highest BCUT2D eigenvalue weighted by Crippen LogP contribution is 2.26. The molecule has 1 aliphatic carbocycles. The zero-order chi connectivity index (χ0) is 9.19. The third kappa shape index (κ3) is 2.33. The molecule has 0 spiro atoms. The number of alkyl halides is 1. The van der Waals surface area contributed by atoms with Crippen molar-refractivity contribution in [2.45, 2.75) is 20.8 Å². The van der Waals surface area contributed by atoms with Crippen LogP contribution in [0.2, 0.25) is 0 Å². The van der Waals surface area contributed by atoms with Crippen molar-refractivity contribution in [1.82, 2.24) is 0 Å². The molecule has 0 aliphatic heterocycles. The summed E-state index contributed by atoms with van der Waals surface area (Å²) >= 11 is 0. The summed E-state index contributed by atoms with van der Waals surface area (Å²) in [5.41, 5.74) is 1.95. The lowest BCUT2D eigenvalue weighted by Gasteiger charge is -2.15. The Morgan fingerprint density at radius 1 is 1.25 bits per heavy atom. The fourth-order valence-electron chi connectivity index (χ4n) is 1.52. The Kier molecular flexibility index (Phi) is 2.51. The summed E-state index contributed by atoms with van der Waals surface area (Å²) in [6, 6.07) is 0. The van der Waals surface area contributed by atoms with Gasteiger partial charge in [-0.15, -0.1) is 0 Å². The van der Waals surface area contributed by atoms with E-state index in [2.05, 4.69) is 19.9 Å². The van der Waals surface area contributed by atoms with Crippen LogP contribution in [0.25, 0.3) is 0 Å². The van der Waals surface area contributed by atoms with Gasteiger partial charge in [-0.05, 0) is 12.5 Å². The third-order valence-corrected chi connectivity index (χ3v) is 1.87. The molecule has 0 aromatic rings. The molecule has 0 N–H and O–H groups in total. The average Bonchev–Trinajstić information content (AvgIpc) is 2.07. The molecule has 1 heteroatoms. The molecule has 66 valence electrons. The molecule has 0 aromatic carbocycles. The average molecular weight is 166 g/mol. The Bertz CT molecular complexity index is 254. The molecular weight excluding hydrogens is 151 g/mol. The summed E-state index contributed by atoms with van der Waals surface area (Å²) in [6.45, 7) is 5.83. The van der Waals surface area contributed by atoms with Gasteiger partial charge in [0.15, 0.2) is 0 Å². The van der Waals surface area contributed by atoms with E-state index in [9.17, 15) is 4.39 Å².